The highest BCUT2D eigenvalue weighted by atomic mass is 19.1. The van der Waals surface area contributed by atoms with Crippen LogP contribution in [0.3, 0.4) is 0 Å². The fourth-order valence-corrected chi connectivity index (χ4v) is 4.32. The van der Waals surface area contributed by atoms with Crippen LogP contribution in [0.4, 0.5) is 10.1 Å². The van der Waals surface area contributed by atoms with Crippen molar-refractivity contribution in [1.29, 1.82) is 0 Å². The molecule has 0 radical (unpaired) electrons. The van der Waals surface area contributed by atoms with E-state index in [1.807, 2.05) is 49.4 Å². The van der Waals surface area contributed by atoms with Crippen molar-refractivity contribution in [2.75, 3.05) is 51.8 Å². The molecule has 0 bridgehead atoms. The molecule has 1 atom stereocenters. The minimum Gasteiger partial charge on any atom is -0.497 e. The van der Waals surface area contributed by atoms with Crippen LogP contribution in [-0.4, -0.2) is 51.8 Å². The Bertz CT molecular complexity index is 1050. The molecule has 1 unspecified atom stereocenters. The van der Waals surface area contributed by atoms with E-state index in [0.717, 1.165) is 73.2 Å². The summed E-state index contributed by atoms with van der Waals surface area (Å²) in [5.74, 6) is 2.12. The highest BCUT2D eigenvalue weighted by Gasteiger charge is 2.21. The van der Waals surface area contributed by atoms with E-state index >= 15 is 0 Å². The fraction of sp³-hybridized carbons (Fsp3) is 0.357. The van der Waals surface area contributed by atoms with Gasteiger partial charge in [0.15, 0.2) is 11.5 Å². The van der Waals surface area contributed by atoms with Gasteiger partial charge in [-0.25, -0.2) is 4.39 Å². The normalized spacial score (nSPS) is 15.1. The molecule has 1 fully saturated rings. The van der Waals surface area contributed by atoms with Crippen molar-refractivity contribution in [3.8, 4) is 17.2 Å². The van der Waals surface area contributed by atoms with Gasteiger partial charge in [0.05, 0.1) is 14.2 Å². The van der Waals surface area contributed by atoms with Crippen molar-refractivity contribution in [3.05, 3.63) is 83.7 Å². The topological polar surface area (TPSA) is 34.2 Å². The summed E-state index contributed by atoms with van der Waals surface area (Å²) >= 11 is 0. The van der Waals surface area contributed by atoms with Crippen molar-refractivity contribution < 1.29 is 18.6 Å². The fourth-order valence-electron chi connectivity index (χ4n) is 4.32. The molecule has 1 aliphatic heterocycles. The lowest BCUT2D eigenvalue weighted by atomic mass is 10.1. The average Bonchev–Trinajstić information content (AvgIpc) is 2.88. The number of nitrogens with zero attached hydrogens (tertiary/aromatic N) is 2. The van der Waals surface area contributed by atoms with Crippen LogP contribution >= 0.6 is 0 Å². The van der Waals surface area contributed by atoms with Gasteiger partial charge in [0.1, 0.15) is 17.7 Å². The Kier molecular flexibility index (Phi) is 7.91. The molecule has 1 aliphatic rings. The third-order valence-corrected chi connectivity index (χ3v) is 6.35. The van der Waals surface area contributed by atoms with Crippen molar-refractivity contribution in [3.63, 3.8) is 0 Å². The van der Waals surface area contributed by atoms with Gasteiger partial charge in [0.25, 0.3) is 0 Å². The molecule has 4 rings (SSSR count). The van der Waals surface area contributed by atoms with Gasteiger partial charge in [0, 0.05) is 44.8 Å². The van der Waals surface area contributed by atoms with Crippen molar-refractivity contribution in [1.82, 2.24) is 4.90 Å². The van der Waals surface area contributed by atoms with Crippen LogP contribution in [0.2, 0.25) is 0 Å². The molecule has 1 saturated heterocycles. The molecule has 1 heterocycles. The lowest BCUT2D eigenvalue weighted by molar-refractivity contribution is 0.155. The molecule has 3 aromatic carbocycles. The van der Waals surface area contributed by atoms with Crippen molar-refractivity contribution >= 4 is 5.69 Å². The molecule has 180 valence electrons. The number of halogens is 1. The van der Waals surface area contributed by atoms with Gasteiger partial charge >= 0.3 is 0 Å². The third kappa shape index (κ3) is 6.00. The SMILES string of the molecule is COc1ccc(C(CCN2CCN(c3ccc(F)cc3)CC2)Oc2ccc(C)cc2OC)cc1. The molecule has 0 N–H and O–H groups in total. The third-order valence-electron chi connectivity index (χ3n) is 6.35. The first-order valence-corrected chi connectivity index (χ1v) is 11.7. The molecule has 0 aromatic heterocycles. The largest absolute Gasteiger partial charge is 0.497 e. The van der Waals surface area contributed by atoms with E-state index in [9.17, 15) is 4.39 Å². The molecule has 6 heteroatoms. The zero-order valence-electron chi connectivity index (χ0n) is 20.2. The minimum absolute atomic E-state index is 0.113. The first-order chi connectivity index (χ1) is 16.6. The molecule has 0 amide bonds. The predicted octanol–water partition coefficient (Wildman–Crippen LogP) is 5.48. The number of anilines is 1. The summed E-state index contributed by atoms with van der Waals surface area (Å²) in [4.78, 5) is 4.77. The zero-order valence-corrected chi connectivity index (χ0v) is 20.2. The zero-order chi connectivity index (χ0) is 23.9. The van der Waals surface area contributed by atoms with E-state index < -0.39 is 0 Å². The molecular formula is C28H33FN2O3. The molecule has 3 aromatic rings. The lowest BCUT2D eigenvalue weighted by Crippen LogP contribution is -2.46. The summed E-state index contributed by atoms with van der Waals surface area (Å²) < 4.78 is 30.7. The summed E-state index contributed by atoms with van der Waals surface area (Å²) in [5, 5.41) is 0. The maximum Gasteiger partial charge on any atom is 0.162 e. The Labute approximate surface area is 201 Å². The highest BCUT2D eigenvalue weighted by Crippen LogP contribution is 2.34. The second-order valence-electron chi connectivity index (χ2n) is 8.63. The Balaban J connectivity index is 1.42. The smallest absolute Gasteiger partial charge is 0.162 e. The Morgan fingerprint density at radius 3 is 2.18 bits per heavy atom. The monoisotopic (exact) mass is 464 g/mol. The molecule has 0 saturated carbocycles. The number of hydrogen-bond acceptors (Lipinski definition) is 5. The summed E-state index contributed by atoms with van der Waals surface area (Å²) in [6.07, 6.45) is 0.734. The first-order valence-electron chi connectivity index (χ1n) is 11.7. The highest BCUT2D eigenvalue weighted by molar-refractivity contribution is 5.46. The van der Waals surface area contributed by atoms with Gasteiger partial charge in [-0.1, -0.05) is 18.2 Å². The molecule has 34 heavy (non-hydrogen) atoms. The maximum atomic E-state index is 13.2. The van der Waals surface area contributed by atoms with Crippen LogP contribution in [0, 0.1) is 12.7 Å². The number of rotatable bonds is 9. The quantitative estimate of drug-likeness (QED) is 0.419. The van der Waals surface area contributed by atoms with Gasteiger partial charge in [-0.3, -0.25) is 4.90 Å². The van der Waals surface area contributed by atoms with Crippen LogP contribution in [-0.2, 0) is 0 Å². The van der Waals surface area contributed by atoms with E-state index in [0.29, 0.717) is 0 Å². The number of methoxy groups -OCH3 is 2. The minimum atomic E-state index is -0.197. The summed E-state index contributed by atoms with van der Waals surface area (Å²) in [6, 6.07) is 20.8. The maximum absolute atomic E-state index is 13.2. The van der Waals surface area contributed by atoms with Crippen LogP contribution in [0.1, 0.15) is 23.7 Å². The van der Waals surface area contributed by atoms with Crippen molar-refractivity contribution in [2.45, 2.75) is 19.4 Å². The van der Waals surface area contributed by atoms with E-state index in [4.69, 9.17) is 14.2 Å². The standard InChI is InChI=1S/C28H33FN2O3/c1-21-4-13-27(28(20-21)33-3)34-26(22-5-11-25(32-2)12-6-22)14-15-30-16-18-31(19-17-30)24-9-7-23(29)8-10-24/h4-13,20,26H,14-19H2,1-3H3. The van der Waals surface area contributed by atoms with Crippen molar-refractivity contribution in [2.24, 2.45) is 0 Å². The summed E-state index contributed by atoms with van der Waals surface area (Å²) in [5.41, 5.74) is 3.31. The van der Waals surface area contributed by atoms with Gasteiger partial charge in [-0.2, -0.15) is 0 Å². The lowest BCUT2D eigenvalue weighted by Gasteiger charge is -2.36. The number of benzene rings is 3. The van der Waals surface area contributed by atoms with Gasteiger partial charge < -0.3 is 19.1 Å². The van der Waals surface area contributed by atoms with Crippen LogP contribution in [0.5, 0.6) is 17.2 Å². The molecule has 5 nitrogen and oxygen atoms in total. The second-order valence-corrected chi connectivity index (χ2v) is 8.63. The predicted molar refractivity (Wildman–Crippen MR) is 134 cm³/mol. The van der Waals surface area contributed by atoms with E-state index in [2.05, 4.69) is 21.9 Å². The average molecular weight is 465 g/mol. The molecule has 0 aliphatic carbocycles. The van der Waals surface area contributed by atoms with Gasteiger partial charge in [-0.05, 0) is 66.6 Å². The first kappa shape index (κ1) is 23.9. The van der Waals surface area contributed by atoms with Gasteiger partial charge in [0.2, 0.25) is 0 Å². The van der Waals surface area contributed by atoms with Gasteiger partial charge in [-0.15, -0.1) is 0 Å². The van der Waals surface area contributed by atoms with E-state index in [1.54, 1.807) is 14.2 Å². The van der Waals surface area contributed by atoms with Crippen LogP contribution in [0.15, 0.2) is 66.7 Å². The van der Waals surface area contributed by atoms with E-state index in [-0.39, 0.29) is 11.9 Å². The molecule has 0 spiro atoms. The molecular weight excluding hydrogens is 431 g/mol. The van der Waals surface area contributed by atoms with Crippen LogP contribution < -0.4 is 19.1 Å². The Morgan fingerprint density at radius 1 is 0.824 bits per heavy atom. The second kappa shape index (κ2) is 11.3. The number of piperazine rings is 1. The Morgan fingerprint density at radius 2 is 1.53 bits per heavy atom. The number of hydrogen-bond donors (Lipinski definition) is 0. The summed E-state index contributed by atoms with van der Waals surface area (Å²) in [7, 11) is 3.34. The summed E-state index contributed by atoms with van der Waals surface area (Å²) in [6.45, 7) is 6.72. The number of ether oxygens (including phenoxy) is 3. The van der Waals surface area contributed by atoms with E-state index in [1.165, 1.54) is 12.1 Å². The number of aryl methyl sites for hydroxylation is 1. The van der Waals surface area contributed by atoms with Crippen LogP contribution in [0.25, 0.3) is 0 Å². The Hall–Kier alpha value is -3.25.